The van der Waals surface area contributed by atoms with Gasteiger partial charge in [-0.1, -0.05) is 0 Å². The summed E-state index contributed by atoms with van der Waals surface area (Å²) in [4.78, 5) is 32.4. The van der Waals surface area contributed by atoms with Crippen molar-refractivity contribution in [3.05, 3.63) is 38.8 Å². The molecular weight excluding hydrogens is 216 g/mol. The summed E-state index contributed by atoms with van der Waals surface area (Å²) in [5, 5.41) is 10.5. The second-order valence-corrected chi connectivity index (χ2v) is 3.07. The highest BCUT2D eigenvalue weighted by molar-refractivity contribution is 5.79. The summed E-state index contributed by atoms with van der Waals surface area (Å²) in [5.41, 5.74) is 1.09. The van der Waals surface area contributed by atoms with E-state index >= 15 is 0 Å². The van der Waals surface area contributed by atoms with Gasteiger partial charge in [0, 0.05) is 12.1 Å². The third kappa shape index (κ3) is 2.23. The van der Waals surface area contributed by atoms with Crippen LogP contribution in [0.3, 0.4) is 0 Å². The Bertz CT molecular complexity index is 481. The van der Waals surface area contributed by atoms with Crippen molar-refractivity contribution in [2.75, 3.05) is 0 Å². The molecule has 1 aromatic heterocycles. The van der Waals surface area contributed by atoms with Gasteiger partial charge in [-0.05, 0) is 6.92 Å². The highest BCUT2D eigenvalue weighted by atomic mass is 16.6. The van der Waals surface area contributed by atoms with Crippen LogP contribution in [0.15, 0.2) is 23.1 Å². The fourth-order valence-corrected chi connectivity index (χ4v) is 1.15. The number of pyridine rings is 1. The van der Waals surface area contributed by atoms with Gasteiger partial charge in [-0.15, -0.1) is 0 Å². The molecule has 0 aromatic carbocycles. The van der Waals surface area contributed by atoms with Crippen LogP contribution in [0.1, 0.15) is 13.0 Å². The van der Waals surface area contributed by atoms with E-state index in [1.54, 1.807) is 0 Å². The molecule has 0 fully saturated rings. The van der Waals surface area contributed by atoms with Gasteiger partial charge in [-0.25, -0.2) is 5.84 Å². The number of carbonyl (C=O) groups is 1. The van der Waals surface area contributed by atoms with Crippen LogP contribution < -0.4 is 16.8 Å². The highest BCUT2D eigenvalue weighted by Gasteiger charge is 2.17. The van der Waals surface area contributed by atoms with Gasteiger partial charge in [0.2, 0.25) is 0 Å². The molecule has 0 spiro atoms. The number of hydrazine groups is 1. The Balaban J connectivity index is 3.22. The van der Waals surface area contributed by atoms with Crippen LogP contribution in [0.4, 0.5) is 5.69 Å². The van der Waals surface area contributed by atoms with Gasteiger partial charge >= 0.3 is 0 Å². The molecule has 0 radical (unpaired) electrons. The van der Waals surface area contributed by atoms with Crippen LogP contribution >= 0.6 is 0 Å². The molecule has 1 unspecified atom stereocenters. The maximum atomic E-state index is 11.4. The smallest absolute Gasteiger partial charge is 0.285 e. The first-order valence-electron chi connectivity index (χ1n) is 4.34. The van der Waals surface area contributed by atoms with Crippen LogP contribution in [0.2, 0.25) is 0 Å². The molecule has 16 heavy (non-hydrogen) atoms. The molecule has 3 N–H and O–H groups in total. The minimum atomic E-state index is -0.905. The molecule has 8 heteroatoms. The van der Waals surface area contributed by atoms with E-state index in [1.807, 2.05) is 5.43 Å². The van der Waals surface area contributed by atoms with Crippen molar-refractivity contribution in [1.29, 1.82) is 0 Å². The first-order chi connectivity index (χ1) is 7.47. The molecule has 1 amide bonds. The van der Waals surface area contributed by atoms with Crippen molar-refractivity contribution in [1.82, 2.24) is 9.99 Å². The molecular formula is C8H10N4O4. The molecule has 0 aliphatic heterocycles. The third-order valence-corrected chi connectivity index (χ3v) is 2.07. The monoisotopic (exact) mass is 226 g/mol. The number of nitrogens with one attached hydrogen (secondary N) is 1. The number of nitrogens with two attached hydrogens (primary N) is 1. The summed E-state index contributed by atoms with van der Waals surface area (Å²) in [6, 6.07) is 1.20. The maximum absolute atomic E-state index is 11.4. The van der Waals surface area contributed by atoms with E-state index in [2.05, 4.69) is 0 Å². The van der Waals surface area contributed by atoms with Gasteiger partial charge in [0.15, 0.2) is 0 Å². The Morgan fingerprint density at radius 2 is 2.25 bits per heavy atom. The zero-order chi connectivity index (χ0) is 12.3. The van der Waals surface area contributed by atoms with Crippen molar-refractivity contribution >= 4 is 11.6 Å². The quantitative estimate of drug-likeness (QED) is 0.306. The lowest BCUT2D eigenvalue weighted by Gasteiger charge is -2.12. The zero-order valence-electron chi connectivity index (χ0n) is 8.41. The van der Waals surface area contributed by atoms with E-state index in [4.69, 9.17) is 5.84 Å². The first kappa shape index (κ1) is 11.9. The van der Waals surface area contributed by atoms with E-state index in [9.17, 15) is 19.7 Å². The summed E-state index contributed by atoms with van der Waals surface area (Å²) in [5.74, 6) is 4.30. The maximum Gasteiger partial charge on any atom is 0.285 e. The molecule has 0 aliphatic rings. The number of hydrogen-bond acceptors (Lipinski definition) is 5. The first-order valence-corrected chi connectivity index (χ1v) is 4.34. The minimum absolute atomic E-state index is 0.267. The number of nitro groups is 1. The third-order valence-electron chi connectivity index (χ3n) is 2.07. The Morgan fingerprint density at radius 1 is 1.62 bits per heavy atom. The van der Waals surface area contributed by atoms with Crippen LogP contribution in [0, 0.1) is 10.1 Å². The SMILES string of the molecule is CC(C(=O)NN)n1cc([N+](=O)[O-])ccc1=O. The van der Waals surface area contributed by atoms with Crippen LogP contribution in [-0.2, 0) is 4.79 Å². The molecule has 0 bridgehead atoms. The summed E-state index contributed by atoms with van der Waals surface area (Å²) >= 11 is 0. The Morgan fingerprint density at radius 3 is 2.75 bits per heavy atom. The second kappa shape index (κ2) is 4.53. The Labute approximate surface area is 89.8 Å². The average Bonchev–Trinajstić information content (AvgIpc) is 2.27. The molecule has 86 valence electrons. The van der Waals surface area contributed by atoms with Gasteiger partial charge in [0.25, 0.3) is 17.2 Å². The summed E-state index contributed by atoms with van der Waals surface area (Å²) in [7, 11) is 0. The highest BCUT2D eigenvalue weighted by Crippen LogP contribution is 2.10. The van der Waals surface area contributed by atoms with Gasteiger partial charge in [0.1, 0.15) is 6.04 Å². The number of aromatic nitrogens is 1. The van der Waals surface area contributed by atoms with E-state index in [-0.39, 0.29) is 5.69 Å². The van der Waals surface area contributed by atoms with Gasteiger partial charge in [-0.2, -0.15) is 0 Å². The Kier molecular flexibility index (Phi) is 3.36. The molecule has 0 saturated carbocycles. The van der Waals surface area contributed by atoms with E-state index < -0.39 is 22.4 Å². The normalized spacial score (nSPS) is 11.9. The average molecular weight is 226 g/mol. The lowest BCUT2D eigenvalue weighted by atomic mass is 10.3. The zero-order valence-corrected chi connectivity index (χ0v) is 8.41. The van der Waals surface area contributed by atoms with Crippen LogP contribution in [-0.4, -0.2) is 15.4 Å². The molecule has 1 aromatic rings. The van der Waals surface area contributed by atoms with E-state index in [1.165, 1.54) is 6.92 Å². The number of carbonyl (C=O) groups excluding carboxylic acids is 1. The summed E-state index contributed by atoms with van der Waals surface area (Å²) < 4.78 is 0.945. The summed E-state index contributed by atoms with van der Waals surface area (Å²) in [6.45, 7) is 1.41. The van der Waals surface area contributed by atoms with E-state index in [0.29, 0.717) is 0 Å². The number of nitrogens with zero attached hydrogens (tertiary/aromatic N) is 2. The largest absolute Gasteiger partial charge is 0.296 e. The summed E-state index contributed by atoms with van der Waals surface area (Å²) in [6.07, 6.45) is 1.00. The minimum Gasteiger partial charge on any atom is -0.296 e. The lowest BCUT2D eigenvalue weighted by Crippen LogP contribution is -2.38. The van der Waals surface area contributed by atoms with Crippen molar-refractivity contribution in [2.45, 2.75) is 13.0 Å². The predicted octanol–water partition coefficient (Wildman–Crippen LogP) is -0.693. The number of rotatable bonds is 3. The molecule has 0 saturated heterocycles. The van der Waals surface area contributed by atoms with E-state index in [0.717, 1.165) is 22.9 Å². The topological polar surface area (TPSA) is 120 Å². The second-order valence-electron chi connectivity index (χ2n) is 3.07. The van der Waals surface area contributed by atoms with Crippen molar-refractivity contribution in [2.24, 2.45) is 5.84 Å². The fourth-order valence-electron chi connectivity index (χ4n) is 1.15. The standard InChI is InChI=1S/C8H10N4O4/c1-5(8(14)10-9)11-4-6(12(15)16)2-3-7(11)13/h2-5H,9H2,1H3,(H,10,14). The molecule has 1 heterocycles. The number of hydrogen-bond donors (Lipinski definition) is 2. The van der Waals surface area contributed by atoms with Crippen molar-refractivity contribution < 1.29 is 9.72 Å². The molecule has 1 rings (SSSR count). The lowest BCUT2D eigenvalue weighted by molar-refractivity contribution is -0.385. The Hall–Kier alpha value is -2.22. The van der Waals surface area contributed by atoms with Gasteiger partial charge < -0.3 is 0 Å². The fraction of sp³-hybridized carbons (Fsp3) is 0.250. The van der Waals surface area contributed by atoms with Crippen molar-refractivity contribution in [3.8, 4) is 0 Å². The van der Waals surface area contributed by atoms with Crippen LogP contribution in [0.25, 0.3) is 0 Å². The number of amides is 1. The van der Waals surface area contributed by atoms with Crippen LogP contribution in [0.5, 0.6) is 0 Å². The van der Waals surface area contributed by atoms with Gasteiger partial charge in [0.05, 0.1) is 11.1 Å². The van der Waals surface area contributed by atoms with Gasteiger partial charge in [-0.3, -0.25) is 29.7 Å². The predicted molar refractivity (Wildman–Crippen MR) is 54.4 cm³/mol. The van der Waals surface area contributed by atoms with Crippen molar-refractivity contribution in [3.63, 3.8) is 0 Å². The molecule has 1 atom stereocenters. The molecule has 0 aliphatic carbocycles. The molecule has 8 nitrogen and oxygen atoms in total.